The molecule has 5 heteroatoms. The largest absolute Gasteiger partial charge is 0.488 e. The molecule has 21 heavy (non-hydrogen) atoms. The van der Waals surface area contributed by atoms with Crippen molar-refractivity contribution in [2.24, 2.45) is 5.84 Å². The van der Waals surface area contributed by atoms with Crippen molar-refractivity contribution in [2.75, 3.05) is 0 Å². The Kier molecular flexibility index (Phi) is 4.83. The third-order valence-electron chi connectivity index (χ3n) is 3.13. The average molecular weight is 305 g/mol. The number of carbonyl (C=O) groups is 1. The Labute approximate surface area is 128 Å². The quantitative estimate of drug-likeness (QED) is 0.518. The molecular formula is C16H17ClN2O2. The van der Waals surface area contributed by atoms with E-state index in [1.54, 1.807) is 18.2 Å². The van der Waals surface area contributed by atoms with Crippen LogP contribution in [0.2, 0.25) is 5.02 Å². The first-order chi connectivity index (χ1) is 10.0. The number of nitrogen functional groups attached to an aromatic ring is 1. The minimum atomic E-state index is -0.323. The Hall–Kier alpha value is -2.04. The number of nitrogens with one attached hydrogen (secondary N) is 1. The highest BCUT2D eigenvalue weighted by atomic mass is 35.5. The number of ether oxygens (including phenoxy) is 1. The van der Waals surface area contributed by atoms with Gasteiger partial charge in [0.2, 0.25) is 0 Å². The number of hydrazine groups is 1. The van der Waals surface area contributed by atoms with Gasteiger partial charge in [0.1, 0.15) is 12.4 Å². The molecule has 110 valence electrons. The molecule has 0 aliphatic rings. The molecule has 2 rings (SSSR count). The van der Waals surface area contributed by atoms with Crippen LogP contribution in [0, 0.1) is 13.8 Å². The summed E-state index contributed by atoms with van der Waals surface area (Å²) in [4.78, 5) is 11.5. The number of carbonyl (C=O) groups excluding carboxylic acids is 1. The van der Waals surface area contributed by atoms with E-state index in [0.29, 0.717) is 17.2 Å². The predicted molar refractivity (Wildman–Crippen MR) is 83.4 cm³/mol. The first kappa shape index (κ1) is 15.4. The smallest absolute Gasteiger partial charge is 0.265 e. The zero-order valence-electron chi connectivity index (χ0n) is 11.9. The lowest BCUT2D eigenvalue weighted by Crippen LogP contribution is -2.30. The molecule has 0 unspecified atom stereocenters. The van der Waals surface area contributed by atoms with Gasteiger partial charge in [0, 0.05) is 10.6 Å². The van der Waals surface area contributed by atoms with Crippen LogP contribution in [0.4, 0.5) is 0 Å². The Morgan fingerprint density at radius 2 is 1.90 bits per heavy atom. The van der Waals surface area contributed by atoms with E-state index in [1.807, 2.05) is 32.0 Å². The second kappa shape index (κ2) is 6.61. The predicted octanol–water partition coefficient (Wildman–Crippen LogP) is 3.14. The molecule has 3 N–H and O–H groups in total. The number of benzene rings is 2. The molecule has 2 aromatic carbocycles. The maximum atomic E-state index is 11.5. The molecule has 0 aromatic heterocycles. The lowest BCUT2D eigenvalue weighted by molar-refractivity contribution is 0.0953. The maximum Gasteiger partial charge on any atom is 0.265 e. The number of nitrogens with two attached hydrogens (primary N) is 1. The minimum absolute atomic E-state index is 0.323. The molecule has 0 heterocycles. The van der Waals surface area contributed by atoms with Crippen LogP contribution in [0.15, 0.2) is 36.4 Å². The normalized spacial score (nSPS) is 10.3. The van der Waals surface area contributed by atoms with Crippen molar-refractivity contribution in [2.45, 2.75) is 20.5 Å². The van der Waals surface area contributed by atoms with Gasteiger partial charge < -0.3 is 4.74 Å². The van der Waals surface area contributed by atoms with Crippen molar-refractivity contribution >= 4 is 17.5 Å². The summed E-state index contributed by atoms with van der Waals surface area (Å²) in [7, 11) is 0. The van der Waals surface area contributed by atoms with Gasteiger partial charge in [-0.05, 0) is 54.8 Å². The van der Waals surface area contributed by atoms with E-state index in [4.69, 9.17) is 22.2 Å². The molecule has 0 fully saturated rings. The van der Waals surface area contributed by atoms with Crippen LogP contribution in [0.25, 0.3) is 0 Å². The third-order valence-corrected chi connectivity index (χ3v) is 3.35. The number of hydrogen-bond acceptors (Lipinski definition) is 3. The first-order valence-electron chi connectivity index (χ1n) is 6.50. The summed E-state index contributed by atoms with van der Waals surface area (Å²) < 4.78 is 5.86. The van der Waals surface area contributed by atoms with E-state index >= 15 is 0 Å². The molecule has 0 atom stereocenters. The van der Waals surface area contributed by atoms with Gasteiger partial charge in [-0.15, -0.1) is 0 Å². The van der Waals surface area contributed by atoms with Crippen molar-refractivity contribution in [1.29, 1.82) is 0 Å². The molecule has 4 nitrogen and oxygen atoms in total. The zero-order chi connectivity index (χ0) is 15.4. The Balaban J connectivity index is 2.15. The number of rotatable bonds is 4. The van der Waals surface area contributed by atoms with Crippen LogP contribution in [0.5, 0.6) is 5.75 Å². The molecule has 0 saturated carbocycles. The maximum absolute atomic E-state index is 11.5. The molecule has 0 spiro atoms. The van der Waals surface area contributed by atoms with Gasteiger partial charge in [0.05, 0.1) is 0 Å². The molecule has 2 aromatic rings. The number of hydrogen-bond donors (Lipinski definition) is 2. The fraction of sp³-hybridized carbons (Fsp3) is 0.188. The van der Waals surface area contributed by atoms with Crippen molar-refractivity contribution in [3.8, 4) is 5.75 Å². The number of aryl methyl sites for hydroxylation is 2. The van der Waals surface area contributed by atoms with Crippen LogP contribution in [0.1, 0.15) is 27.0 Å². The van der Waals surface area contributed by atoms with E-state index < -0.39 is 0 Å². The van der Waals surface area contributed by atoms with E-state index in [9.17, 15) is 4.79 Å². The lowest BCUT2D eigenvalue weighted by Gasteiger charge is -2.13. The van der Waals surface area contributed by atoms with Crippen LogP contribution in [0.3, 0.4) is 0 Å². The van der Waals surface area contributed by atoms with E-state index in [0.717, 1.165) is 22.4 Å². The Morgan fingerprint density at radius 3 is 2.52 bits per heavy atom. The third kappa shape index (κ3) is 3.74. The lowest BCUT2D eigenvalue weighted by atomic mass is 10.1. The fourth-order valence-corrected chi connectivity index (χ4v) is 2.49. The standard InChI is InChI=1S/C16H17ClN2O2/c1-10-6-14(17)7-11(2)15(10)21-9-12-4-3-5-13(8-12)16(20)19-18/h3-8H,9,18H2,1-2H3,(H,19,20). The highest BCUT2D eigenvalue weighted by molar-refractivity contribution is 6.30. The summed E-state index contributed by atoms with van der Waals surface area (Å²) in [6, 6.07) is 10.9. The Morgan fingerprint density at radius 1 is 1.24 bits per heavy atom. The van der Waals surface area contributed by atoms with Crippen molar-refractivity contribution in [1.82, 2.24) is 5.43 Å². The molecule has 0 aliphatic heterocycles. The summed E-state index contributed by atoms with van der Waals surface area (Å²) >= 11 is 6.00. The van der Waals surface area contributed by atoms with Gasteiger partial charge in [0.15, 0.2) is 0 Å². The van der Waals surface area contributed by atoms with Gasteiger partial charge >= 0.3 is 0 Å². The second-order valence-electron chi connectivity index (χ2n) is 4.83. The fourth-order valence-electron chi connectivity index (χ4n) is 2.17. The monoisotopic (exact) mass is 304 g/mol. The molecule has 0 radical (unpaired) electrons. The molecule has 0 aliphatic carbocycles. The first-order valence-corrected chi connectivity index (χ1v) is 6.88. The van der Waals surface area contributed by atoms with Crippen LogP contribution in [-0.2, 0) is 6.61 Å². The van der Waals surface area contributed by atoms with Crippen molar-refractivity contribution < 1.29 is 9.53 Å². The molecule has 1 amide bonds. The van der Waals surface area contributed by atoms with Crippen LogP contribution in [-0.4, -0.2) is 5.91 Å². The van der Waals surface area contributed by atoms with E-state index in [-0.39, 0.29) is 5.91 Å². The zero-order valence-corrected chi connectivity index (χ0v) is 12.7. The van der Waals surface area contributed by atoms with Crippen molar-refractivity contribution in [3.05, 3.63) is 63.7 Å². The topological polar surface area (TPSA) is 64.3 Å². The van der Waals surface area contributed by atoms with E-state index in [2.05, 4.69) is 5.43 Å². The SMILES string of the molecule is Cc1cc(Cl)cc(C)c1OCc1cccc(C(=O)NN)c1. The van der Waals surface area contributed by atoms with Crippen LogP contribution < -0.4 is 16.0 Å². The molecular weight excluding hydrogens is 288 g/mol. The van der Waals surface area contributed by atoms with Crippen LogP contribution >= 0.6 is 11.6 Å². The number of halogens is 1. The van der Waals surface area contributed by atoms with Gasteiger partial charge in [0.25, 0.3) is 5.91 Å². The molecule has 0 bridgehead atoms. The highest BCUT2D eigenvalue weighted by Crippen LogP contribution is 2.27. The van der Waals surface area contributed by atoms with Gasteiger partial charge in [-0.3, -0.25) is 10.2 Å². The second-order valence-corrected chi connectivity index (χ2v) is 5.27. The van der Waals surface area contributed by atoms with Gasteiger partial charge in [-0.2, -0.15) is 0 Å². The van der Waals surface area contributed by atoms with E-state index in [1.165, 1.54) is 0 Å². The average Bonchev–Trinajstić information content (AvgIpc) is 2.45. The van der Waals surface area contributed by atoms with Crippen molar-refractivity contribution in [3.63, 3.8) is 0 Å². The minimum Gasteiger partial charge on any atom is -0.488 e. The summed E-state index contributed by atoms with van der Waals surface area (Å²) in [5.74, 6) is 5.62. The Bertz CT molecular complexity index is 648. The van der Waals surface area contributed by atoms with Gasteiger partial charge in [-0.1, -0.05) is 23.7 Å². The summed E-state index contributed by atoms with van der Waals surface area (Å²) in [6.07, 6.45) is 0. The molecule has 0 saturated heterocycles. The van der Waals surface area contributed by atoms with Gasteiger partial charge in [-0.25, -0.2) is 5.84 Å². The number of amides is 1. The highest BCUT2D eigenvalue weighted by Gasteiger charge is 2.08. The summed E-state index contributed by atoms with van der Waals surface area (Å²) in [5, 5.41) is 0.693. The summed E-state index contributed by atoms with van der Waals surface area (Å²) in [5.41, 5.74) is 5.47. The summed E-state index contributed by atoms with van der Waals surface area (Å²) in [6.45, 7) is 4.27.